The molecule has 4 heteroatoms. The highest BCUT2D eigenvalue weighted by molar-refractivity contribution is 9.10. The first kappa shape index (κ1) is 12.8. The van der Waals surface area contributed by atoms with Crippen LogP contribution in [0.25, 0.3) is 10.9 Å². The third-order valence-corrected chi connectivity index (χ3v) is 4.82. The molecule has 0 bridgehead atoms. The number of aryl methyl sites for hydroxylation is 1. The number of fused-ring (bicyclic) bond motifs is 1. The number of nitrogens with zero attached hydrogens (tertiary/aromatic N) is 1. The Kier molecular flexibility index (Phi) is 3.39. The Morgan fingerprint density at radius 1 is 1.26 bits per heavy atom. The van der Waals surface area contributed by atoms with Crippen molar-refractivity contribution < 1.29 is 5.11 Å². The van der Waals surface area contributed by atoms with Gasteiger partial charge in [-0.05, 0) is 52.0 Å². The summed E-state index contributed by atoms with van der Waals surface area (Å²) in [5.74, 6) is 0. The molecule has 96 valence electrons. The van der Waals surface area contributed by atoms with Gasteiger partial charge in [0, 0.05) is 14.7 Å². The van der Waals surface area contributed by atoms with E-state index in [4.69, 9.17) is 0 Å². The Morgan fingerprint density at radius 2 is 2.05 bits per heavy atom. The number of halogens is 1. The Labute approximate surface area is 123 Å². The fourth-order valence-electron chi connectivity index (χ4n) is 2.09. The summed E-state index contributed by atoms with van der Waals surface area (Å²) in [6.45, 7) is 2.00. The summed E-state index contributed by atoms with van der Waals surface area (Å²) >= 11 is 5.07. The van der Waals surface area contributed by atoms with Gasteiger partial charge in [-0.1, -0.05) is 18.2 Å². The van der Waals surface area contributed by atoms with Gasteiger partial charge in [0.05, 0.1) is 11.2 Å². The van der Waals surface area contributed by atoms with Crippen molar-refractivity contribution in [3.8, 4) is 0 Å². The SMILES string of the molecule is Cc1ccsc1C(O)c1nc2ccccc2cc1Br. The highest BCUT2D eigenvalue weighted by atomic mass is 79.9. The minimum atomic E-state index is -0.681. The first-order valence-corrected chi connectivity index (χ1v) is 7.61. The molecule has 2 nitrogen and oxygen atoms in total. The number of benzene rings is 1. The van der Waals surface area contributed by atoms with Crippen molar-refractivity contribution in [1.82, 2.24) is 4.98 Å². The van der Waals surface area contributed by atoms with E-state index in [2.05, 4.69) is 20.9 Å². The van der Waals surface area contributed by atoms with Gasteiger partial charge in [-0.2, -0.15) is 0 Å². The van der Waals surface area contributed by atoms with E-state index >= 15 is 0 Å². The van der Waals surface area contributed by atoms with E-state index in [0.29, 0.717) is 5.69 Å². The van der Waals surface area contributed by atoms with Crippen LogP contribution in [0.5, 0.6) is 0 Å². The van der Waals surface area contributed by atoms with Crippen LogP contribution in [0.3, 0.4) is 0 Å². The second-order valence-corrected chi connectivity index (χ2v) is 6.22. The van der Waals surface area contributed by atoms with E-state index < -0.39 is 6.10 Å². The average molecular weight is 334 g/mol. The van der Waals surface area contributed by atoms with Crippen molar-refractivity contribution in [1.29, 1.82) is 0 Å². The van der Waals surface area contributed by atoms with E-state index in [1.807, 2.05) is 48.7 Å². The van der Waals surface area contributed by atoms with Crippen LogP contribution in [-0.2, 0) is 0 Å². The molecule has 0 aliphatic carbocycles. The van der Waals surface area contributed by atoms with Crippen LogP contribution < -0.4 is 0 Å². The third kappa shape index (κ3) is 2.31. The van der Waals surface area contributed by atoms with Crippen LogP contribution >= 0.6 is 27.3 Å². The zero-order chi connectivity index (χ0) is 13.4. The number of hydrogen-bond acceptors (Lipinski definition) is 3. The lowest BCUT2D eigenvalue weighted by molar-refractivity contribution is 0.218. The first-order chi connectivity index (χ1) is 9.16. The van der Waals surface area contributed by atoms with E-state index in [9.17, 15) is 5.11 Å². The number of thiophene rings is 1. The molecule has 0 spiro atoms. The average Bonchev–Trinajstić information content (AvgIpc) is 2.83. The maximum Gasteiger partial charge on any atom is 0.131 e. The fraction of sp³-hybridized carbons (Fsp3) is 0.133. The van der Waals surface area contributed by atoms with Gasteiger partial charge >= 0.3 is 0 Å². The molecular weight excluding hydrogens is 322 g/mol. The molecule has 0 saturated carbocycles. The minimum absolute atomic E-state index is 0.671. The molecule has 1 atom stereocenters. The van der Waals surface area contributed by atoms with E-state index in [-0.39, 0.29) is 0 Å². The van der Waals surface area contributed by atoms with Gasteiger partial charge in [-0.15, -0.1) is 11.3 Å². The number of aliphatic hydroxyl groups is 1. The van der Waals surface area contributed by atoms with Crippen molar-refractivity contribution in [3.05, 3.63) is 62.4 Å². The molecule has 1 N–H and O–H groups in total. The lowest BCUT2D eigenvalue weighted by atomic mass is 10.1. The lowest BCUT2D eigenvalue weighted by Gasteiger charge is -2.12. The summed E-state index contributed by atoms with van der Waals surface area (Å²) in [5, 5.41) is 13.6. The summed E-state index contributed by atoms with van der Waals surface area (Å²) in [6, 6.07) is 11.9. The van der Waals surface area contributed by atoms with Crippen LogP contribution in [0.1, 0.15) is 22.2 Å². The number of hydrogen-bond donors (Lipinski definition) is 1. The fourth-order valence-corrected chi connectivity index (χ4v) is 3.55. The first-order valence-electron chi connectivity index (χ1n) is 5.94. The van der Waals surface area contributed by atoms with Gasteiger partial charge < -0.3 is 5.11 Å². The van der Waals surface area contributed by atoms with Gasteiger partial charge in [0.15, 0.2) is 0 Å². The number of pyridine rings is 1. The second-order valence-electron chi connectivity index (χ2n) is 4.42. The summed E-state index contributed by atoms with van der Waals surface area (Å²) < 4.78 is 0.839. The molecule has 0 radical (unpaired) electrons. The van der Waals surface area contributed by atoms with Crippen molar-refractivity contribution in [2.45, 2.75) is 13.0 Å². The molecule has 1 unspecified atom stereocenters. The quantitative estimate of drug-likeness (QED) is 0.751. The zero-order valence-electron chi connectivity index (χ0n) is 10.3. The van der Waals surface area contributed by atoms with Gasteiger partial charge in [0.25, 0.3) is 0 Å². The van der Waals surface area contributed by atoms with Crippen LogP contribution in [-0.4, -0.2) is 10.1 Å². The normalized spacial score (nSPS) is 12.8. The Bertz CT molecular complexity index is 738. The number of rotatable bonds is 2. The Balaban J connectivity index is 2.14. The van der Waals surface area contributed by atoms with Crippen molar-refractivity contribution in [3.63, 3.8) is 0 Å². The van der Waals surface area contributed by atoms with Crippen molar-refractivity contribution in [2.75, 3.05) is 0 Å². The van der Waals surface area contributed by atoms with Gasteiger partial charge in [0.2, 0.25) is 0 Å². The largest absolute Gasteiger partial charge is 0.381 e. The van der Waals surface area contributed by atoms with E-state index in [1.165, 1.54) is 0 Å². The molecule has 0 amide bonds. The lowest BCUT2D eigenvalue weighted by Crippen LogP contribution is -2.03. The standard InChI is InChI=1S/C15H12BrNOS/c1-9-6-7-19-15(9)14(18)13-11(16)8-10-4-2-3-5-12(10)17-13/h2-8,14,18H,1H3. The highest BCUT2D eigenvalue weighted by Crippen LogP contribution is 2.33. The summed E-state index contributed by atoms with van der Waals surface area (Å²) in [5.41, 5.74) is 2.66. The molecule has 3 rings (SSSR count). The molecule has 0 aliphatic rings. The van der Waals surface area contributed by atoms with E-state index in [1.54, 1.807) is 11.3 Å². The van der Waals surface area contributed by atoms with Crippen molar-refractivity contribution in [2.24, 2.45) is 0 Å². The number of aromatic nitrogens is 1. The maximum absolute atomic E-state index is 10.5. The third-order valence-electron chi connectivity index (χ3n) is 3.11. The zero-order valence-corrected chi connectivity index (χ0v) is 12.7. The summed E-state index contributed by atoms with van der Waals surface area (Å²) in [7, 11) is 0. The summed E-state index contributed by atoms with van der Waals surface area (Å²) in [4.78, 5) is 5.53. The molecule has 2 aromatic heterocycles. The molecule has 0 saturated heterocycles. The van der Waals surface area contributed by atoms with Crippen LogP contribution in [0.15, 0.2) is 46.3 Å². The maximum atomic E-state index is 10.5. The smallest absolute Gasteiger partial charge is 0.131 e. The Morgan fingerprint density at radius 3 is 2.79 bits per heavy atom. The Hall–Kier alpha value is -1.23. The van der Waals surface area contributed by atoms with Crippen molar-refractivity contribution >= 4 is 38.2 Å². The molecule has 2 heterocycles. The van der Waals surface area contributed by atoms with Gasteiger partial charge in [-0.25, -0.2) is 4.98 Å². The van der Waals surface area contributed by atoms with Gasteiger partial charge in [-0.3, -0.25) is 0 Å². The predicted octanol–water partition coefficient (Wildman–Crippen LogP) is 4.45. The molecule has 19 heavy (non-hydrogen) atoms. The van der Waals surface area contributed by atoms with Crippen LogP contribution in [0.2, 0.25) is 0 Å². The molecule has 0 fully saturated rings. The highest BCUT2D eigenvalue weighted by Gasteiger charge is 2.19. The molecule has 3 aromatic rings. The topological polar surface area (TPSA) is 33.1 Å². The monoisotopic (exact) mass is 333 g/mol. The molecular formula is C15H12BrNOS. The van der Waals surface area contributed by atoms with Crippen LogP contribution in [0.4, 0.5) is 0 Å². The van der Waals surface area contributed by atoms with Crippen LogP contribution in [0, 0.1) is 6.92 Å². The molecule has 1 aromatic carbocycles. The summed E-state index contributed by atoms with van der Waals surface area (Å²) in [6.07, 6.45) is -0.681. The van der Waals surface area contributed by atoms with E-state index in [0.717, 1.165) is 25.8 Å². The second kappa shape index (κ2) is 5.04. The number of para-hydroxylation sites is 1. The minimum Gasteiger partial charge on any atom is -0.381 e. The predicted molar refractivity (Wildman–Crippen MR) is 82.6 cm³/mol. The van der Waals surface area contributed by atoms with Gasteiger partial charge in [0.1, 0.15) is 6.10 Å². The molecule has 0 aliphatic heterocycles. The number of aliphatic hydroxyl groups excluding tert-OH is 1.